The van der Waals surface area contributed by atoms with Crippen LogP contribution in [0.3, 0.4) is 0 Å². The molecule has 0 spiro atoms. The van der Waals surface area contributed by atoms with Crippen LogP contribution in [0.15, 0.2) is 54.7 Å². The maximum Gasteiger partial charge on any atom is 0.427 e. The summed E-state index contributed by atoms with van der Waals surface area (Å²) < 4.78 is 11.5. The number of hydrogen-bond donors (Lipinski definition) is 0. The molecule has 18 heavy (non-hydrogen) atoms. The molecule has 0 radical (unpaired) electrons. The second kappa shape index (κ2) is 3.99. The highest BCUT2D eigenvalue weighted by Crippen LogP contribution is 2.17. The van der Waals surface area contributed by atoms with Crippen LogP contribution in [-0.2, 0) is 0 Å². The molecule has 0 fully saturated rings. The van der Waals surface area contributed by atoms with Gasteiger partial charge in [0.1, 0.15) is 0 Å². The van der Waals surface area contributed by atoms with E-state index in [9.17, 15) is 9.59 Å². The Bertz CT molecular complexity index is 796. The Labute approximate surface area is 109 Å². The molecule has 1 aromatic carbocycles. The van der Waals surface area contributed by atoms with Crippen LogP contribution in [-0.4, -0.2) is 10.5 Å². The van der Waals surface area contributed by atoms with Gasteiger partial charge in [0.15, 0.2) is 16.0 Å². The van der Waals surface area contributed by atoms with Crippen LogP contribution < -0.4 is 5.76 Å². The van der Waals surface area contributed by atoms with Gasteiger partial charge in [-0.15, -0.1) is 0 Å². The van der Waals surface area contributed by atoms with Gasteiger partial charge in [0, 0.05) is 0 Å². The zero-order valence-corrected chi connectivity index (χ0v) is 10.5. The van der Waals surface area contributed by atoms with Crippen molar-refractivity contribution < 1.29 is 13.6 Å². The van der Waals surface area contributed by atoms with E-state index in [1.165, 1.54) is 6.07 Å². The predicted molar refractivity (Wildman–Crippen MR) is 66.6 cm³/mol. The lowest BCUT2D eigenvalue weighted by Gasteiger charge is -1.96. The number of fused-ring (bicyclic) bond motifs is 1. The van der Waals surface area contributed by atoms with E-state index in [0.29, 0.717) is 15.8 Å². The van der Waals surface area contributed by atoms with Gasteiger partial charge < -0.3 is 8.83 Å². The van der Waals surface area contributed by atoms with Crippen molar-refractivity contribution in [3.05, 3.63) is 57.4 Å². The lowest BCUT2D eigenvalue weighted by molar-refractivity contribution is 0.0927. The molecule has 0 saturated heterocycles. The van der Waals surface area contributed by atoms with Gasteiger partial charge in [0.05, 0.1) is 5.52 Å². The maximum absolute atomic E-state index is 12.1. The van der Waals surface area contributed by atoms with E-state index >= 15 is 0 Å². The van der Waals surface area contributed by atoms with Crippen LogP contribution in [0.1, 0.15) is 10.6 Å². The Morgan fingerprint density at radius 1 is 1.11 bits per heavy atom. The standard InChI is InChI=1S/C12H6BrNO4/c13-10-6-5-9(17-10)11(15)14-7-3-1-2-4-8(7)18-12(14)16/h1-6H. The summed E-state index contributed by atoms with van der Waals surface area (Å²) in [6.07, 6.45) is 0. The van der Waals surface area contributed by atoms with Crippen molar-refractivity contribution in [1.82, 2.24) is 4.57 Å². The second-order valence-corrected chi connectivity index (χ2v) is 4.36. The van der Waals surface area contributed by atoms with Crippen LogP contribution in [0, 0.1) is 0 Å². The van der Waals surface area contributed by atoms with E-state index in [-0.39, 0.29) is 5.76 Å². The summed E-state index contributed by atoms with van der Waals surface area (Å²) in [5.74, 6) is -1.22. The van der Waals surface area contributed by atoms with Crippen molar-refractivity contribution in [2.75, 3.05) is 0 Å². The molecule has 0 unspecified atom stereocenters. The Morgan fingerprint density at radius 3 is 2.61 bits per heavy atom. The molecule has 0 bridgehead atoms. The average Bonchev–Trinajstić information content (AvgIpc) is 2.91. The highest BCUT2D eigenvalue weighted by Gasteiger charge is 2.19. The number of nitrogens with zero attached hydrogens (tertiary/aromatic N) is 1. The third-order valence-corrected chi connectivity index (χ3v) is 2.90. The Morgan fingerprint density at radius 2 is 1.89 bits per heavy atom. The number of carbonyl (C=O) groups excluding carboxylic acids is 1. The molecule has 0 N–H and O–H groups in total. The van der Waals surface area contributed by atoms with Crippen LogP contribution >= 0.6 is 15.9 Å². The van der Waals surface area contributed by atoms with Crippen LogP contribution in [0.5, 0.6) is 0 Å². The SMILES string of the molecule is O=C(c1ccc(Br)o1)n1c(=O)oc2ccccc21. The second-order valence-electron chi connectivity index (χ2n) is 3.58. The molecule has 0 aliphatic carbocycles. The van der Waals surface area contributed by atoms with Gasteiger partial charge in [-0.1, -0.05) is 12.1 Å². The van der Waals surface area contributed by atoms with E-state index < -0.39 is 11.7 Å². The van der Waals surface area contributed by atoms with Crippen molar-refractivity contribution >= 4 is 32.9 Å². The van der Waals surface area contributed by atoms with E-state index in [1.807, 2.05) is 0 Å². The minimum atomic E-state index is -0.728. The Hall–Kier alpha value is -2.08. The van der Waals surface area contributed by atoms with Gasteiger partial charge in [0.25, 0.3) is 0 Å². The van der Waals surface area contributed by atoms with Gasteiger partial charge in [-0.25, -0.2) is 9.36 Å². The molecule has 90 valence electrons. The molecule has 5 nitrogen and oxygen atoms in total. The number of furan rings is 1. The van der Waals surface area contributed by atoms with E-state index in [0.717, 1.165) is 4.57 Å². The third-order valence-electron chi connectivity index (χ3n) is 2.47. The van der Waals surface area contributed by atoms with Gasteiger partial charge >= 0.3 is 11.7 Å². The van der Waals surface area contributed by atoms with E-state index in [1.54, 1.807) is 30.3 Å². The fourth-order valence-corrected chi connectivity index (χ4v) is 2.00. The number of carbonyl (C=O) groups is 1. The topological polar surface area (TPSA) is 65.3 Å². The fourth-order valence-electron chi connectivity index (χ4n) is 1.70. The van der Waals surface area contributed by atoms with Crippen molar-refractivity contribution in [2.24, 2.45) is 0 Å². The molecular formula is C12H6BrNO4. The summed E-state index contributed by atoms with van der Waals surface area (Å²) in [5, 5.41) is 0. The van der Waals surface area contributed by atoms with Crippen LogP contribution in [0.4, 0.5) is 0 Å². The molecule has 2 aromatic heterocycles. The minimum absolute atomic E-state index is 0.0653. The summed E-state index contributed by atoms with van der Waals surface area (Å²) in [4.78, 5) is 23.8. The number of rotatable bonds is 1. The average molecular weight is 308 g/mol. The third kappa shape index (κ3) is 1.62. The van der Waals surface area contributed by atoms with Crippen molar-refractivity contribution in [3.8, 4) is 0 Å². The maximum atomic E-state index is 12.1. The zero-order valence-electron chi connectivity index (χ0n) is 8.92. The van der Waals surface area contributed by atoms with Crippen LogP contribution in [0.2, 0.25) is 0 Å². The first-order valence-corrected chi connectivity index (χ1v) is 5.87. The molecule has 3 rings (SSSR count). The van der Waals surface area contributed by atoms with E-state index in [2.05, 4.69) is 15.9 Å². The van der Waals surface area contributed by atoms with Crippen molar-refractivity contribution in [1.29, 1.82) is 0 Å². The lowest BCUT2D eigenvalue weighted by Crippen LogP contribution is -2.22. The molecule has 0 aliphatic rings. The normalized spacial score (nSPS) is 10.9. The highest BCUT2D eigenvalue weighted by molar-refractivity contribution is 9.10. The van der Waals surface area contributed by atoms with Crippen molar-refractivity contribution in [2.45, 2.75) is 0 Å². The first kappa shape index (κ1) is 11.0. The minimum Gasteiger partial charge on any atom is -0.444 e. The number of para-hydroxylation sites is 2. The molecule has 0 atom stereocenters. The highest BCUT2D eigenvalue weighted by atomic mass is 79.9. The molecular weight excluding hydrogens is 302 g/mol. The summed E-state index contributed by atoms with van der Waals surface area (Å²) in [6, 6.07) is 9.78. The molecule has 0 aliphatic heterocycles. The number of benzene rings is 1. The largest absolute Gasteiger partial charge is 0.444 e. The van der Waals surface area contributed by atoms with Gasteiger partial charge in [0.2, 0.25) is 0 Å². The summed E-state index contributed by atoms with van der Waals surface area (Å²) >= 11 is 3.10. The van der Waals surface area contributed by atoms with Crippen LogP contribution in [0.25, 0.3) is 11.1 Å². The first-order chi connectivity index (χ1) is 8.66. The van der Waals surface area contributed by atoms with Gasteiger partial charge in [-0.2, -0.15) is 0 Å². The number of hydrogen-bond acceptors (Lipinski definition) is 4. The molecule has 6 heteroatoms. The molecule has 3 aromatic rings. The zero-order chi connectivity index (χ0) is 12.7. The van der Waals surface area contributed by atoms with Gasteiger partial charge in [-0.05, 0) is 40.2 Å². The monoisotopic (exact) mass is 307 g/mol. The smallest absolute Gasteiger partial charge is 0.427 e. The number of halogens is 1. The molecule has 0 amide bonds. The summed E-state index contributed by atoms with van der Waals surface area (Å²) in [5.41, 5.74) is 0.779. The Kier molecular flexibility index (Phi) is 2.45. The van der Waals surface area contributed by atoms with Gasteiger partial charge in [-0.3, -0.25) is 4.79 Å². The number of aromatic nitrogens is 1. The van der Waals surface area contributed by atoms with E-state index in [4.69, 9.17) is 8.83 Å². The van der Waals surface area contributed by atoms with Crippen molar-refractivity contribution in [3.63, 3.8) is 0 Å². The molecule has 0 saturated carbocycles. The first-order valence-electron chi connectivity index (χ1n) is 5.07. The number of oxazole rings is 1. The quantitative estimate of drug-likeness (QED) is 0.693. The Balaban J connectivity index is 2.23. The lowest BCUT2D eigenvalue weighted by atomic mass is 10.3. The fraction of sp³-hybridized carbons (Fsp3) is 0. The predicted octanol–water partition coefficient (Wildman–Crippen LogP) is 2.64. The molecule has 2 heterocycles. The summed E-state index contributed by atoms with van der Waals surface area (Å²) in [6.45, 7) is 0. The summed E-state index contributed by atoms with van der Waals surface area (Å²) in [7, 11) is 0.